The molecule has 0 aromatic heterocycles. The molecule has 0 bridgehead atoms. The molecule has 12 heavy (non-hydrogen) atoms. The van der Waals surface area contributed by atoms with Gasteiger partial charge in [0.25, 0.3) is 0 Å². The zero-order valence-corrected chi connectivity index (χ0v) is 8.05. The predicted molar refractivity (Wildman–Crippen MR) is 47.4 cm³/mol. The topological polar surface area (TPSA) is 54.7 Å². The number of hydrogen-bond donors (Lipinski definition) is 2. The van der Waals surface area contributed by atoms with Crippen LogP contribution in [0.15, 0.2) is 22.7 Å². The van der Waals surface area contributed by atoms with Gasteiger partial charge in [0.2, 0.25) is 0 Å². The number of halogens is 1. The first-order valence-corrected chi connectivity index (χ1v) is 4.35. The Morgan fingerprint density at radius 3 is 2.83 bits per heavy atom. The molecule has 64 valence electrons. The van der Waals surface area contributed by atoms with Gasteiger partial charge in [0.1, 0.15) is 5.75 Å². The molecule has 0 radical (unpaired) electrons. The summed E-state index contributed by atoms with van der Waals surface area (Å²) in [5.41, 5.74) is 2.96. The number of aromatic hydroxyl groups is 1. The number of hydroxylamine groups is 1. The molecule has 0 saturated carbocycles. The molecule has 1 unspecified atom stereocenters. The molecule has 4 heteroatoms. The van der Waals surface area contributed by atoms with Crippen molar-refractivity contribution in [2.24, 2.45) is 0 Å². The van der Waals surface area contributed by atoms with Crippen LogP contribution in [0.1, 0.15) is 12.5 Å². The van der Waals surface area contributed by atoms with Crippen molar-refractivity contribution in [1.29, 1.82) is 0 Å². The third kappa shape index (κ3) is 1.22. The smallest absolute Gasteiger partial charge is 0.187 e. The van der Waals surface area contributed by atoms with E-state index in [-0.39, 0.29) is 5.75 Å². The van der Waals surface area contributed by atoms with Crippen LogP contribution in [0.3, 0.4) is 0 Å². The van der Waals surface area contributed by atoms with Crippen LogP contribution in [0, 0.1) is 0 Å². The van der Waals surface area contributed by atoms with Gasteiger partial charge in [-0.15, -0.1) is 0 Å². The molecule has 0 amide bonds. The Balaban J connectivity index is 2.48. The molecule has 1 atom stereocenters. The summed E-state index contributed by atoms with van der Waals surface area (Å²) in [6, 6.07) is 5.24. The van der Waals surface area contributed by atoms with Crippen molar-refractivity contribution in [2.45, 2.75) is 12.6 Å². The molecule has 0 aliphatic carbocycles. The highest BCUT2D eigenvalue weighted by molar-refractivity contribution is 9.10. The van der Waals surface area contributed by atoms with Crippen molar-refractivity contribution in [3.05, 3.63) is 28.2 Å². The van der Waals surface area contributed by atoms with Crippen LogP contribution >= 0.6 is 15.9 Å². The molecular weight excluding hydrogens is 222 g/mol. The number of nitrogens with one attached hydrogen (secondary N) is 1. The van der Waals surface area contributed by atoms with Crippen molar-refractivity contribution in [2.75, 3.05) is 0 Å². The van der Waals surface area contributed by atoms with Crippen LogP contribution in [0.2, 0.25) is 0 Å². The van der Waals surface area contributed by atoms with Crippen molar-refractivity contribution in [3.63, 3.8) is 0 Å². The fourth-order valence-corrected chi connectivity index (χ4v) is 1.44. The second-order valence-corrected chi connectivity index (χ2v) is 3.81. The summed E-state index contributed by atoms with van der Waals surface area (Å²) < 4.78 is 0.925. The van der Waals surface area contributed by atoms with Crippen LogP contribution in [0.5, 0.6) is 5.75 Å². The maximum absolute atomic E-state index is 9.47. The van der Waals surface area contributed by atoms with Crippen LogP contribution in [-0.2, 0) is 10.6 Å². The summed E-state index contributed by atoms with van der Waals surface area (Å²) >= 11 is 3.32. The summed E-state index contributed by atoms with van der Waals surface area (Å²) in [4.78, 5) is 4.99. The van der Waals surface area contributed by atoms with E-state index >= 15 is 0 Å². The van der Waals surface area contributed by atoms with E-state index in [1.807, 2.05) is 13.0 Å². The maximum atomic E-state index is 9.47. The van der Waals surface area contributed by atoms with Crippen molar-refractivity contribution >= 4 is 15.9 Å². The zero-order chi connectivity index (χ0) is 8.77. The number of hydrogen-bond acceptors (Lipinski definition) is 3. The van der Waals surface area contributed by atoms with E-state index in [2.05, 4.69) is 21.4 Å². The molecule has 1 aromatic carbocycles. The van der Waals surface area contributed by atoms with Gasteiger partial charge in [-0.3, -0.25) is 4.84 Å². The Bertz CT molecular complexity index is 323. The monoisotopic (exact) mass is 229 g/mol. The highest BCUT2D eigenvalue weighted by atomic mass is 79.9. The average molecular weight is 230 g/mol. The Morgan fingerprint density at radius 1 is 1.58 bits per heavy atom. The second kappa shape index (κ2) is 2.45. The molecule has 1 heterocycles. The summed E-state index contributed by atoms with van der Waals surface area (Å²) in [5.74, 6) is 0.241. The minimum absolute atomic E-state index is 0.241. The van der Waals surface area contributed by atoms with E-state index in [0.29, 0.717) is 0 Å². The van der Waals surface area contributed by atoms with Gasteiger partial charge >= 0.3 is 0 Å². The molecule has 1 aliphatic rings. The number of benzene rings is 1. The van der Waals surface area contributed by atoms with E-state index in [1.165, 1.54) is 0 Å². The fourth-order valence-electron chi connectivity index (χ4n) is 1.08. The lowest BCUT2D eigenvalue weighted by Gasteiger charge is -2.06. The van der Waals surface area contributed by atoms with Gasteiger partial charge < -0.3 is 5.11 Å². The summed E-state index contributed by atoms with van der Waals surface area (Å²) in [6.07, 6.45) is 0. The van der Waals surface area contributed by atoms with Gasteiger partial charge in [-0.1, -0.05) is 15.9 Å². The van der Waals surface area contributed by atoms with Crippen molar-refractivity contribution in [1.82, 2.24) is 5.48 Å². The van der Waals surface area contributed by atoms with Gasteiger partial charge in [-0.05, 0) is 25.1 Å². The summed E-state index contributed by atoms with van der Waals surface area (Å²) in [5, 5.41) is 9.47. The summed E-state index contributed by atoms with van der Waals surface area (Å²) in [7, 11) is 0. The zero-order valence-electron chi connectivity index (χ0n) is 6.47. The molecule has 2 N–H and O–H groups in total. The highest BCUT2D eigenvalue weighted by Crippen LogP contribution is 2.38. The van der Waals surface area contributed by atoms with E-state index in [4.69, 9.17) is 4.84 Å². The van der Waals surface area contributed by atoms with E-state index in [1.54, 1.807) is 12.1 Å². The van der Waals surface area contributed by atoms with Gasteiger partial charge in [-0.2, -0.15) is 5.48 Å². The van der Waals surface area contributed by atoms with Gasteiger partial charge in [0.15, 0.2) is 5.72 Å². The second-order valence-electron chi connectivity index (χ2n) is 2.90. The molecule has 2 rings (SSSR count). The maximum Gasteiger partial charge on any atom is 0.187 e. The molecular formula is C8H8BrNO2. The SMILES string of the molecule is CC1(c2cc(Br)ccc2O)NO1. The fraction of sp³-hybridized carbons (Fsp3) is 0.250. The standard InChI is InChI=1S/C8H8BrNO2/c1-8(10-12-8)6-4-5(9)2-3-7(6)11/h2-4,10-11H,1H3. The molecule has 1 aliphatic heterocycles. The van der Waals surface area contributed by atoms with Crippen LogP contribution in [-0.4, -0.2) is 5.11 Å². The van der Waals surface area contributed by atoms with Crippen LogP contribution in [0.4, 0.5) is 0 Å². The van der Waals surface area contributed by atoms with Gasteiger partial charge in [0.05, 0.1) is 0 Å². The quantitative estimate of drug-likeness (QED) is 0.724. The first kappa shape index (κ1) is 8.04. The average Bonchev–Trinajstić information content (AvgIpc) is 2.75. The molecule has 0 spiro atoms. The number of phenolic OH excluding ortho intramolecular Hbond substituents is 1. The Labute approximate surface area is 78.4 Å². The van der Waals surface area contributed by atoms with Crippen molar-refractivity contribution in [3.8, 4) is 5.75 Å². The Morgan fingerprint density at radius 2 is 2.25 bits per heavy atom. The summed E-state index contributed by atoms with van der Waals surface area (Å²) in [6.45, 7) is 1.86. The van der Waals surface area contributed by atoms with E-state index in [0.717, 1.165) is 10.0 Å². The normalized spacial score (nSPS) is 27.2. The largest absolute Gasteiger partial charge is 0.508 e. The first-order valence-electron chi connectivity index (χ1n) is 3.56. The van der Waals surface area contributed by atoms with Gasteiger partial charge in [-0.25, -0.2) is 0 Å². The first-order chi connectivity index (χ1) is 5.62. The minimum Gasteiger partial charge on any atom is -0.508 e. The lowest BCUT2D eigenvalue weighted by Crippen LogP contribution is -2.06. The molecule has 1 fully saturated rings. The third-order valence-electron chi connectivity index (χ3n) is 1.88. The van der Waals surface area contributed by atoms with Gasteiger partial charge in [0, 0.05) is 10.0 Å². The molecule has 1 saturated heterocycles. The van der Waals surface area contributed by atoms with E-state index in [9.17, 15) is 5.11 Å². The Kier molecular flexibility index (Phi) is 1.64. The number of rotatable bonds is 1. The van der Waals surface area contributed by atoms with Crippen LogP contribution in [0.25, 0.3) is 0 Å². The minimum atomic E-state index is -0.506. The number of phenols is 1. The lowest BCUT2D eigenvalue weighted by atomic mass is 10.1. The van der Waals surface area contributed by atoms with Crippen molar-refractivity contribution < 1.29 is 9.94 Å². The van der Waals surface area contributed by atoms with E-state index < -0.39 is 5.72 Å². The molecule has 1 aromatic rings. The lowest BCUT2D eigenvalue weighted by molar-refractivity contribution is 0.305. The third-order valence-corrected chi connectivity index (χ3v) is 2.37. The highest BCUT2D eigenvalue weighted by Gasteiger charge is 2.43. The van der Waals surface area contributed by atoms with Crippen LogP contribution < -0.4 is 5.48 Å². The molecule has 3 nitrogen and oxygen atoms in total. The Hall–Kier alpha value is -0.580. The predicted octanol–water partition coefficient (Wildman–Crippen LogP) is 1.86.